The predicted molar refractivity (Wildman–Crippen MR) is 110 cm³/mol. The zero-order valence-electron chi connectivity index (χ0n) is 14.2. The van der Waals surface area contributed by atoms with Crippen molar-refractivity contribution in [3.8, 4) is 11.3 Å². The predicted octanol–water partition coefficient (Wildman–Crippen LogP) is 4.65. The molecule has 0 atom stereocenters. The lowest BCUT2D eigenvalue weighted by molar-refractivity contribution is -0.116. The molecule has 0 saturated heterocycles. The summed E-state index contributed by atoms with van der Waals surface area (Å²) < 4.78 is 0.880. The molecule has 26 heavy (non-hydrogen) atoms. The van der Waals surface area contributed by atoms with Crippen molar-refractivity contribution in [2.24, 2.45) is 0 Å². The van der Waals surface area contributed by atoms with E-state index >= 15 is 0 Å². The quantitative estimate of drug-likeness (QED) is 0.616. The van der Waals surface area contributed by atoms with Gasteiger partial charge in [0.1, 0.15) is 0 Å². The molecule has 8 heteroatoms. The highest BCUT2D eigenvalue weighted by molar-refractivity contribution is 9.11. The molecule has 0 fully saturated rings. The highest BCUT2D eigenvalue weighted by atomic mass is 79.9. The summed E-state index contributed by atoms with van der Waals surface area (Å²) in [5.74, 6) is -0.461. The Labute approximate surface area is 167 Å². The number of likely N-dealkylation sites (N-methyl/N-ethyl adjacent to an activating group) is 1. The van der Waals surface area contributed by atoms with Crippen molar-refractivity contribution >= 4 is 55.5 Å². The van der Waals surface area contributed by atoms with Gasteiger partial charge < -0.3 is 10.2 Å². The SMILES string of the molecule is Cc1ccc(-c2csc(NC(=O)CN(C)C(=O)c3ccc(Br)s3)n2)cc1. The van der Waals surface area contributed by atoms with E-state index in [9.17, 15) is 9.59 Å². The van der Waals surface area contributed by atoms with E-state index in [0.29, 0.717) is 10.0 Å². The molecule has 0 radical (unpaired) electrons. The third kappa shape index (κ3) is 4.57. The Balaban J connectivity index is 1.60. The van der Waals surface area contributed by atoms with Crippen LogP contribution in [0.15, 0.2) is 45.6 Å². The van der Waals surface area contributed by atoms with Crippen molar-refractivity contribution in [3.63, 3.8) is 0 Å². The molecule has 0 unspecified atom stereocenters. The van der Waals surface area contributed by atoms with E-state index in [4.69, 9.17) is 0 Å². The molecule has 5 nitrogen and oxygen atoms in total. The minimum absolute atomic E-state index is 0.0339. The molecule has 0 aliphatic heterocycles. The third-order valence-electron chi connectivity index (χ3n) is 3.61. The lowest BCUT2D eigenvalue weighted by Crippen LogP contribution is -2.34. The topological polar surface area (TPSA) is 62.3 Å². The van der Waals surface area contributed by atoms with E-state index in [-0.39, 0.29) is 18.4 Å². The largest absolute Gasteiger partial charge is 0.332 e. The number of hydrogen-bond acceptors (Lipinski definition) is 5. The number of rotatable bonds is 5. The second-order valence-electron chi connectivity index (χ2n) is 5.72. The van der Waals surface area contributed by atoms with E-state index in [1.54, 1.807) is 13.1 Å². The van der Waals surface area contributed by atoms with Crippen LogP contribution in [0.4, 0.5) is 5.13 Å². The first-order valence-electron chi connectivity index (χ1n) is 7.75. The first kappa shape index (κ1) is 18.8. The fourth-order valence-corrected chi connectivity index (χ4v) is 4.37. The third-order valence-corrected chi connectivity index (χ3v) is 5.98. The zero-order valence-corrected chi connectivity index (χ0v) is 17.4. The Morgan fingerprint density at radius 3 is 2.58 bits per heavy atom. The molecule has 3 rings (SSSR count). The molecule has 0 saturated carbocycles. The van der Waals surface area contributed by atoms with Gasteiger partial charge in [0.15, 0.2) is 5.13 Å². The number of nitrogens with one attached hydrogen (secondary N) is 1. The van der Waals surface area contributed by atoms with Crippen LogP contribution in [0.2, 0.25) is 0 Å². The van der Waals surface area contributed by atoms with Crippen LogP contribution in [-0.2, 0) is 4.79 Å². The summed E-state index contributed by atoms with van der Waals surface area (Å²) in [5.41, 5.74) is 3.00. The molecule has 0 spiro atoms. The summed E-state index contributed by atoms with van der Waals surface area (Å²) in [7, 11) is 1.61. The number of anilines is 1. The average molecular weight is 450 g/mol. The van der Waals surface area contributed by atoms with Crippen molar-refractivity contribution in [2.45, 2.75) is 6.92 Å². The van der Waals surface area contributed by atoms with Crippen molar-refractivity contribution in [1.82, 2.24) is 9.88 Å². The number of carbonyl (C=O) groups is 2. The van der Waals surface area contributed by atoms with Crippen LogP contribution in [0.3, 0.4) is 0 Å². The standard InChI is InChI=1S/C18H16BrN3O2S2/c1-11-3-5-12(6-4-11)13-10-25-18(20-13)21-16(23)9-22(2)17(24)14-7-8-15(19)26-14/h3-8,10H,9H2,1-2H3,(H,20,21,23). The minimum Gasteiger partial charge on any atom is -0.332 e. The molecule has 2 amide bonds. The van der Waals surface area contributed by atoms with E-state index < -0.39 is 0 Å². The molecule has 0 aliphatic carbocycles. The van der Waals surface area contributed by atoms with E-state index in [0.717, 1.165) is 15.0 Å². The smallest absolute Gasteiger partial charge is 0.264 e. The Morgan fingerprint density at radius 1 is 1.19 bits per heavy atom. The number of benzene rings is 1. The van der Waals surface area contributed by atoms with Crippen molar-refractivity contribution in [3.05, 3.63) is 56.0 Å². The summed E-state index contributed by atoms with van der Waals surface area (Å²) in [4.78, 5) is 30.9. The highest BCUT2D eigenvalue weighted by Crippen LogP contribution is 2.25. The van der Waals surface area contributed by atoms with Gasteiger partial charge in [-0.2, -0.15) is 0 Å². The van der Waals surface area contributed by atoms with Gasteiger partial charge in [-0.15, -0.1) is 22.7 Å². The van der Waals surface area contributed by atoms with E-state index in [2.05, 4.69) is 26.2 Å². The number of halogens is 1. The van der Waals surface area contributed by atoms with Crippen molar-refractivity contribution in [2.75, 3.05) is 18.9 Å². The van der Waals surface area contributed by atoms with Crippen LogP contribution >= 0.6 is 38.6 Å². The molecule has 1 aromatic carbocycles. The molecule has 2 aromatic heterocycles. The second kappa shape index (κ2) is 8.11. The Bertz CT molecular complexity index is 934. The minimum atomic E-state index is -0.277. The maximum Gasteiger partial charge on any atom is 0.264 e. The van der Waals surface area contributed by atoms with E-state index in [1.165, 1.54) is 33.1 Å². The number of aryl methyl sites for hydroxylation is 1. The number of amides is 2. The van der Waals surface area contributed by atoms with Gasteiger partial charge in [-0.25, -0.2) is 4.98 Å². The van der Waals surface area contributed by atoms with E-state index in [1.807, 2.05) is 42.6 Å². The number of thiophene rings is 1. The number of carbonyl (C=O) groups excluding carboxylic acids is 2. The fraction of sp³-hybridized carbons (Fsp3) is 0.167. The summed E-state index contributed by atoms with van der Waals surface area (Å²) >= 11 is 6.03. The van der Waals surface area contributed by atoms with Crippen LogP contribution in [0.25, 0.3) is 11.3 Å². The van der Waals surface area contributed by atoms with Crippen LogP contribution in [-0.4, -0.2) is 35.3 Å². The van der Waals surface area contributed by atoms with Crippen LogP contribution in [0.1, 0.15) is 15.2 Å². The summed E-state index contributed by atoms with van der Waals surface area (Å²) in [6.45, 7) is 2.00. The monoisotopic (exact) mass is 449 g/mol. The first-order valence-corrected chi connectivity index (χ1v) is 10.2. The summed E-state index contributed by atoms with van der Waals surface area (Å²) in [6.07, 6.45) is 0. The summed E-state index contributed by atoms with van der Waals surface area (Å²) in [6, 6.07) is 11.6. The van der Waals surface area contributed by atoms with Crippen LogP contribution in [0.5, 0.6) is 0 Å². The molecule has 0 bridgehead atoms. The van der Waals surface area contributed by atoms with Crippen LogP contribution in [0, 0.1) is 6.92 Å². The van der Waals surface area contributed by atoms with Gasteiger partial charge in [0.05, 0.1) is 20.9 Å². The number of thiazole rings is 1. The average Bonchev–Trinajstić information content (AvgIpc) is 3.24. The number of nitrogens with zero attached hydrogens (tertiary/aromatic N) is 2. The van der Waals surface area contributed by atoms with Gasteiger partial charge in [0, 0.05) is 18.0 Å². The Morgan fingerprint density at radius 2 is 1.92 bits per heavy atom. The van der Waals surface area contributed by atoms with Crippen molar-refractivity contribution in [1.29, 1.82) is 0 Å². The van der Waals surface area contributed by atoms with Gasteiger partial charge in [-0.1, -0.05) is 29.8 Å². The molecule has 1 N–H and O–H groups in total. The van der Waals surface area contributed by atoms with Gasteiger partial charge in [-0.05, 0) is 35.0 Å². The molecular weight excluding hydrogens is 434 g/mol. The van der Waals surface area contributed by atoms with Gasteiger partial charge in [0.25, 0.3) is 5.91 Å². The van der Waals surface area contributed by atoms with Gasteiger partial charge in [0.2, 0.25) is 5.91 Å². The zero-order chi connectivity index (χ0) is 18.7. The maximum atomic E-state index is 12.3. The normalized spacial score (nSPS) is 10.6. The molecule has 134 valence electrons. The van der Waals surface area contributed by atoms with Gasteiger partial charge >= 0.3 is 0 Å². The van der Waals surface area contributed by atoms with Crippen molar-refractivity contribution < 1.29 is 9.59 Å². The fourth-order valence-electron chi connectivity index (χ4n) is 2.25. The van der Waals surface area contributed by atoms with Gasteiger partial charge in [-0.3, -0.25) is 9.59 Å². The molecule has 3 aromatic rings. The van der Waals surface area contributed by atoms with Crippen LogP contribution < -0.4 is 5.32 Å². The number of aromatic nitrogens is 1. The Kier molecular flexibility index (Phi) is 5.85. The molecule has 0 aliphatic rings. The number of hydrogen-bond donors (Lipinski definition) is 1. The molecular formula is C18H16BrN3O2S2. The Hall–Kier alpha value is -2.03. The lowest BCUT2D eigenvalue weighted by Gasteiger charge is -2.15. The first-order chi connectivity index (χ1) is 12.4. The second-order valence-corrected chi connectivity index (χ2v) is 9.04. The molecule has 2 heterocycles. The highest BCUT2D eigenvalue weighted by Gasteiger charge is 2.17. The maximum absolute atomic E-state index is 12.3. The lowest BCUT2D eigenvalue weighted by atomic mass is 10.1. The summed E-state index contributed by atoms with van der Waals surface area (Å²) in [5, 5.41) is 5.17.